The fourth-order valence-corrected chi connectivity index (χ4v) is 2.77. The zero-order chi connectivity index (χ0) is 18.0. The van der Waals surface area contributed by atoms with Crippen LogP contribution >= 0.6 is 28.1 Å². The number of ether oxygens (including phenoxy) is 1. The van der Waals surface area contributed by atoms with Gasteiger partial charge in [0.2, 0.25) is 4.77 Å². The maximum Gasteiger partial charge on any atom is 0.216 e. The molecule has 3 aromatic rings. The van der Waals surface area contributed by atoms with Crippen LogP contribution in [0.1, 0.15) is 5.56 Å². The lowest BCUT2D eigenvalue weighted by molar-refractivity contribution is 0.372. The van der Waals surface area contributed by atoms with E-state index in [0.717, 1.165) is 0 Å². The lowest BCUT2D eigenvalue weighted by atomic mass is 10.2. The van der Waals surface area contributed by atoms with Crippen LogP contribution in [0.5, 0.6) is 11.5 Å². The van der Waals surface area contributed by atoms with Crippen LogP contribution in [-0.4, -0.2) is 33.3 Å². The minimum atomic E-state index is -0.339. The van der Waals surface area contributed by atoms with Crippen molar-refractivity contribution in [2.24, 2.45) is 5.10 Å². The van der Waals surface area contributed by atoms with Gasteiger partial charge < -0.3 is 9.84 Å². The third kappa shape index (κ3) is 3.62. The highest BCUT2D eigenvalue weighted by molar-refractivity contribution is 9.10. The Morgan fingerprint density at radius 1 is 1.36 bits per heavy atom. The standard InChI is InChI=1S/C16H12BrFN4O2S/c1-24-13-7-9(6-12(17)14(13)23)8-19-22-15(20-21-16(22)25)10-2-4-11(18)5-3-10/h2-8,23H,1H3,(H,21,25). The first-order chi connectivity index (χ1) is 12.0. The van der Waals surface area contributed by atoms with Crippen molar-refractivity contribution in [2.45, 2.75) is 0 Å². The lowest BCUT2D eigenvalue weighted by Crippen LogP contribution is -1.96. The molecule has 0 bridgehead atoms. The SMILES string of the molecule is COc1cc(C=Nn2c(-c3ccc(F)cc3)n[nH]c2=S)cc(Br)c1O. The second kappa shape index (κ2) is 7.16. The number of benzene rings is 2. The first kappa shape index (κ1) is 17.3. The number of phenols is 1. The molecule has 128 valence electrons. The molecule has 0 aliphatic heterocycles. The van der Waals surface area contributed by atoms with Crippen LogP contribution in [0.4, 0.5) is 4.39 Å². The molecule has 25 heavy (non-hydrogen) atoms. The number of aromatic hydroxyl groups is 1. The van der Waals surface area contributed by atoms with E-state index in [0.29, 0.717) is 31.9 Å². The molecule has 6 nitrogen and oxygen atoms in total. The highest BCUT2D eigenvalue weighted by Crippen LogP contribution is 2.34. The Bertz CT molecular complexity index is 998. The molecule has 0 aliphatic rings. The summed E-state index contributed by atoms with van der Waals surface area (Å²) < 4.78 is 20.4. The highest BCUT2D eigenvalue weighted by Gasteiger charge is 2.10. The number of aromatic nitrogens is 3. The lowest BCUT2D eigenvalue weighted by Gasteiger charge is -2.06. The van der Waals surface area contributed by atoms with Gasteiger partial charge in [-0.2, -0.15) is 14.9 Å². The van der Waals surface area contributed by atoms with Gasteiger partial charge in [0, 0.05) is 5.56 Å². The molecule has 9 heteroatoms. The van der Waals surface area contributed by atoms with E-state index in [-0.39, 0.29) is 11.6 Å². The van der Waals surface area contributed by atoms with E-state index in [1.165, 1.54) is 23.9 Å². The first-order valence-corrected chi connectivity index (χ1v) is 8.24. The van der Waals surface area contributed by atoms with Crippen molar-refractivity contribution in [3.05, 3.63) is 57.0 Å². The quantitative estimate of drug-likeness (QED) is 0.490. The van der Waals surface area contributed by atoms with Crippen molar-refractivity contribution in [1.29, 1.82) is 0 Å². The molecule has 2 aromatic carbocycles. The summed E-state index contributed by atoms with van der Waals surface area (Å²) in [7, 11) is 1.46. The molecule has 0 spiro atoms. The Morgan fingerprint density at radius 3 is 2.76 bits per heavy atom. The Labute approximate surface area is 155 Å². The summed E-state index contributed by atoms with van der Waals surface area (Å²) in [5, 5.41) is 21.0. The van der Waals surface area contributed by atoms with Gasteiger partial charge in [-0.05, 0) is 70.1 Å². The largest absolute Gasteiger partial charge is 0.503 e. The average molecular weight is 423 g/mol. The molecule has 1 aromatic heterocycles. The number of nitrogens with zero attached hydrogens (tertiary/aromatic N) is 3. The number of hydrogen-bond acceptors (Lipinski definition) is 5. The number of methoxy groups -OCH3 is 1. The van der Waals surface area contributed by atoms with Crippen LogP contribution in [0, 0.1) is 10.6 Å². The first-order valence-electron chi connectivity index (χ1n) is 7.04. The van der Waals surface area contributed by atoms with Crippen molar-refractivity contribution in [2.75, 3.05) is 7.11 Å². The molecule has 0 fully saturated rings. The van der Waals surface area contributed by atoms with Crippen LogP contribution in [0.3, 0.4) is 0 Å². The molecule has 0 amide bonds. The number of rotatable bonds is 4. The Balaban J connectivity index is 2.00. The summed E-state index contributed by atoms with van der Waals surface area (Å²) in [5.74, 6) is 0.428. The summed E-state index contributed by atoms with van der Waals surface area (Å²) >= 11 is 8.45. The maximum absolute atomic E-state index is 13.1. The average Bonchev–Trinajstić information content (AvgIpc) is 2.97. The van der Waals surface area contributed by atoms with Crippen molar-refractivity contribution in [3.63, 3.8) is 0 Å². The van der Waals surface area contributed by atoms with Crippen molar-refractivity contribution >= 4 is 34.4 Å². The van der Waals surface area contributed by atoms with E-state index >= 15 is 0 Å². The predicted molar refractivity (Wildman–Crippen MR) is 98.2 cm³/mol. The Morgan fingerprint density at radius 2 is 2.08 bits per heavy atom. The summed E-state index contributed by atoms with van der Waals surface area (Å²) in [5.41, 5.74) is 1.34. The van der Waals surface area contributed by atoms with Crippen LogP contribution < -0.4 is 4.74 Å². The minimum Gasteiger partial charge on any atom is -0.503 e. The molecule has 2 N–H and O–H groups in total. The fraction of sp³-hybridized carbons (Fsp3) is 0.0625. The Hall–Kier alpha value is -2.52. The van der Waals surface area contributed by atoms with Gasteiger partial charge in [-0.1, -0.05) is 0 Å². The molecule has 0 unspecified atom stereocenters. The predicted octanol–water partition coefficient (Wildman–Crippen LogP) is 4.11. The van der Waals surface area contributed by atoms with Crippen LogP contribution in [0.15, 0.2) is 46.0 Å². The zero-order valence-electron chi connectivity index (χ0n) is 12.9. The molecule has 1 heterocycles. The Kier molecular flexibility index (Phi) is 4.95. The van der Waals surface area contributed by atoms with Gasteiger partial charge in [0.15, 0.2) is 17.3 Å². The van der Waals surface area contributed by atoms with Crippen molar-refractivity contribution in [3.8, 4) is 22.9 Å². The van der Waals surface area contributed by atoms with Crippen LogP contribution in [-0.2, 0) is 0 Å². The third-order valence-electron chi connectivity index (χ3n) is 3.35. The number of aromatic amines is 1. The number of nitrogens with one attached hydrogen (secondary N) is 1. The summed E-state index contributed by atoms with van der Waals surface area (Å²) in [6.45, 7) is 0. The van der Waals surface area contributed by atoms with E-state index in [2.05, 4.69) is 31.2 Å². The van der Waals surface area contributed by atoms with E-state index < -0.39 is 0 Å². The monoisotopic (exact) mass is 422 g/mol. The molecule has 0 atom stereocenters. The smallest absolute Gasteiger partial charge is 0.216 e. The number of halogens is 2. The molecule has 0 saturated heterocycles. The van der Waals surface area contributed by atoms with E-state index in [9.17, 15) is 9.50 Å². The topological polar surface area (TPSA) is 75.4 Å². The number of phenolic OH excluding ortho intramolecular Hbond substituents is 1. The van der Waals surface area contributed by atoms with E-state index in [1.807, 2.05) is 0 Å². The molecular weight excluding hydrogens is 411 g/mol. The number of H-pyrrole nitrogens is 1. The fourth-order valence-electron chi connectivity index (χ4n) is 2.13. The van der Waals surface area contributed by atoms with E-state index in [4.69, 9.17) is 17.0 Å². The summed E-state index contributed by atoms with van der Waals surface area (Å²) in [4.78, 5) is 0. The molecule has 0 aliphatic carbocycles. The maximum atomic E-state index is 13.1. The van der Waals surface area contributed by atoms with Gasteiger partial charge in [0.25, 0.3) is 0 Å². The zero-order valence-corrected chi connectivity index (χ0v) is 15.3. The second-order valence-corrected chi connectivity index (χ2v) is 6.21. The van der Waals surface area contributed by atoms with Crippen molar-refractivity contribution < 1.29 is 14.2 Å². The van der Waals surface area contributed by atoms with Gasteiger partial charge >= 0.3 is 0 Å². The molecule has 0 saturated carbocycles. The minimum absolute atomic E-state index is 0.00609. The van der Waals surface area contributed by atoms with E-state index in [1.54, 1.807) is 30.5 Å². The van der Waals surface area contributed by atoms with Gasteiger partial charge in [-0.25, -0.2) is 9.49 Å². The molecule has 0 radical (unpaired) electrons. The third-order valence-corrected chi connectivity index (χ3v) is 4.21. The van der Waals surface area contributed by atoms with Crippen LogP contribution in [0.25, 0.3) is 11.4 Å². The van der Waals surface area contributed by atoms with Crippen LogP contribution in [0.2, 0.25) is 0 Å². The number of hydrogen-bond donors (Lipinski definition) is 2. The second-order valence-electron chi connectivity index (χ2n) is 4.97. The molecular formula is C16H12BrFN4O2S. The summed E-state index contributed by atoms with van der Waals surface area (Å²) in [6.07, 6.45) is 1.55. The normalized spacial score (nSPS) is 11.2. The molecule has 3 rings (SSSR count). The van der Waals surface area contributed by atoms with Gasteiger partial charge in [-0.3, -0.25) is 0 Å². The van der Waals surface area contributed by atoms with Gasteiger partial charge in [-0.15, -0.1) is 0 Å². The van der Waals surface area contributed by atoms with Crippen molar-refractivity contribution in [1.82, 2.24) is 14.9 Å². The highest BCUT2D eigenvalue weighted by atomic mass is 79.9. The van der Waals surface area contributed by atoms with Gasteiger partial charge in [0.05, 0.1) is 17.8 Å². The summed E-state index contributed by atoms with van der Waals surface area (Å²) in [6, 6.07) is 9.17. The van der Waals surface area contributed by atoms with Gasteiger partial charge in [0.1, 0.15) is 5.82 Å².